The van der Waals surface area contributed by atoms with Crippen molar-refractivity contribution in [2.24, 2.45) is 0 Å². The molecule has 1 aliphatic carbocycles. The quantitative estimate of drug-likeness (QED) is 0.310. The summed E-state index contributed by atoms with van der Waals surface area (Å²) in [4.78, 5) is 9.08. The largest absolute Gasteiger partial charge is 0.455 e. The topological polar surface area (TPSA) is 38.9 Å². The van der Waals surface area contributed by atoms with Crippen molar-refractivity contribution in [3.05, 3.63) is 83.3 Å². The third kappa shape index (κ3) is 2.15. The van der Waals surface area contributed by atoms with E-state index in [1.807, 2.05) is 18.6 Å². The van der Waals surface area contributed by atoms with Gasteiger partial charge < -0.3 is 4.42 Å². The minimum Gasteiger partial charge on any atom is -0.455 e. The molecule has 3 aromatic heterocycles. The van der Waals surface area contributed by atoms with Crippen LogP contribution in [0.15, 0.2) is 65.5 Å². The number of hydrogen-bond donors (Lipinski definition) is 0. The van der Waals surface area contributed by atoms with Crippen LogP contribution in [0.1, 0.15) is 36.1 Å². The summed E-state index contributed by atoms with van der Waals surface area (Å²) in [5.41, 5.74) is 11.1. The molecule has 1 aliphatic rings. The highest BCUT2D eigenvalue weighted by Gasteiger charge is 2.38. The lowest BCUT2D eigenvalue weighted by Crippen LogP contribution is -2.14. The highest BCUT2D eigenvalue weighted by atomic mass is 16.3. The second kappa shape index (κ2) is 5.79. The van der Waals surface area contributed by atoms with Crippen molar-refractivity contribution in [2.45, 2.75) is 33.1 Å². The number of rotatable bonds is 1. The second-order valence-electron chi connectivity index (χ2n) is 8.87. The Kier molecular flexibility index (Phi) is 3.36. The molecule has 30 heavy (non-hydrogen) atoms. The number of nitrogens with zero attached hydrogens (tertiary/aromatic N) is 2. The number of hydrogen-bond acceptors (Lipinski definition) is 3. The van der Waals surface area contributed by atoms with E-state index in [4.69, 9.17) is 9.40 Å². The lowest BCUT2D eigenvalue weighted by atomic mass is 9.83. The second-order valence-corrected chi connectivity index (χ2v) is 8.87. The van der Waals surface area contributed by atoms with E-state index < -0.39 is 0 Å². The number of pyridine rings is 2. The van der Waals surface area contributed by atoms with Gasteiger partial charge >= 0.3 is 0 Å². The van der Waals surface area contributed by atoms with Gasteiger partial charge in [-0.05, 0) is 53.8 Å². The van der Waals surface area contributed by atoms with E-state index in [1.54, 1.807) is 0 Å². The minimum atomic E-state index is -0.0939. The standard InChI is InChI=1S/C27H22N2O/c1-15-5-10-22(29-13-15)23-16(2)6-7-17-18-8-9-20-24(26(18)30-25(17)23)19-11-12-28-14-21(19)27(20,3)4/h5-14H,1-4H3. The average Bonchev–Trinajstić information content (AvgIpc) is 3.22. The first-order valence-electron chi connectivity index (χ1n) is 10.3. The molecule has 0 radical (unpaired) electrons. The Morgan fingerprint density at radius 1 is 0.767 bits per heavy atom. The van der Waals surface area contributed by atoms with Gasteiger partial charge in [0.1, 0.15) is 11.2 Å². The van der Waals surface area contributed by atoms with E-state index in [1.165, 1.54) is 27.8 Å². The smallest absolute Gasteiger partial charge is 0.145 e. The SMILES string of the molecule is Cc1ccc(-c2c(C)ccc3c2oc2c4c(ccc23)C(C)(C)c2cnccc2-4)nc1. The molecule has 0 fully saturated rings. The molecule has 0 aliphatic heterocycles. The van der Waals surface area contributed by atoms with Crippen LogP contribution >= 0.6 is 0 Å². The first kappa shape index (κ1) is 17.4. The molecule has 3 nitrogen and oxygen atoms in total. The van der Waals surface area contributed by atoms with Crippen LogP contribution in [0.3, 0.4) is 0 Å². The van der Waals surface area contributed by atoms with Gasteiger partial charge in [0.2, 0.25) is 0 Å². The first-order chi connectivity index (χ1) is 14.5. The summed E-state index contributed by atoms with van der Waals surface area (Å²) in [6.45, 7) is 8.71. The molecule has 0 unspecified atom stereocenters. The molecule has 5 aromatic rings. The van der Waals surface area contributed by atoms with Gasteiger partial charge in [-0.1, -0.05) is 44.2 Å². The van der Waals surface area contributed by atoms with Crippen LogP contribution in [0.5, 0.6) is 0 Å². The van der Waals surface area contributed by atoms with Crippen LogP contribution in [0.4, 0.5) is 0 Å². The van der Waals surface area contributed by atoms with Crippen molar-refractivity contribution >= 4 is 21.9 Å². The number of benzene rings is 2. The Morgan fingerprint density at radius 3 is 2.30 bits per heavy atom. The van der Waals surface area contributed by atoms with Crippen LogP contribution in [-0.4, -0.2) is 9.97 Å². The number of aromatic nitrogens is 2. The van der Waals surface area contributed by atoms with Crippen LogP contribution in [0.2, 0.25) is 0 Å². The molecule has 3 heteroatoms. The molecule has 0 amide bonds. The van der Waals surface area contributed by atoms with Gasteiger partial charge in [0.25, 0.3) is 0 Å². The Balaban J connectivity index is 1.74. The fourth-order valence-corrected chi connectivity index (χ4v) is 4.98. The zero-order chi connectivity index (χ0) is 20.6. The lowest BCUT2D eigenvalue weighted by molar-refractivity contribution is 0.651. The van der Waals surface area contributed by atoms with Gasteiger partial charge in [0.05, 0.1) is 5.69 Å². The maximum atomic E-state index is 6.68. The fraction of sp³-hybridized carbons (Fsp3) is 0.185. The Bertz CT molecular complexity index is 1470. The van der Waals surface area contributed by atoms with Gasteiger partial charge in [-0.3, -0.25) is 9.97 Å². The normalized spacial score (nSPS) is 14.3. The Hall–Kier alpha value is -3.46. The zero-order valence-electron chi connectivity index (χ0n) is 17.6. The molecular weight excluding hydrogens is 368 g/mol. The maximum Gasteiger partial charge on any atom is 0.145 e. The molecule has 2 aromatic carbocycles. The molecule has 0 saturated heterocycles. The van der Waals surface area contributed by atoms with E-state index in [-0.39, 0.29) is 5.41 Å². The molecule has 0 spiro atoms. The van der Waals surface area contributed by atoms with Crippen molar-refractivity contribution in [3.8, 4) is 22.4 Å². The van der Waals surface area contributed by atoms with E-state index in [9.17, 15) is 0 Å². The minimum absolute atomic E-state index is 0.0939. The number of furan rings is 1. The number of aryl methyl sites for hydroxylation is 2. The predicted octanol–water partition coefficient (Wildman–Crippen LogP) is 6.97. The summed E-state index contributed by atoms with van der Waals surface area (Å²) in [6.07, 6.45) is 5.78. The fourth-order valence-electron chi connectivity index (χ4n) is 4.98. The van der Waals surface area contributed by atoms with E-state index in [0.717, 1.165) is 38.8 Å². The van der Waals surface area contributed by atoms with Crippen molar-refractivity contribution in [3.63, 3.8) is 0 Å². The Morgan fingerprint density at radius 2 is 1.53 bits per heavy atom. The monoisotopic (exact) mass is 390 g/mol. The van der Waals surface area contributed by atoms with Gasteiger partial charge in [0.15, 0.2) is 0 Å². The van der Waals surface area contributed by atoms with Crippen molar-refractivity contribution in [1.82, 2.24) is 9.97 Å². The van der Waals surface area contributed by atoms with Crippen LogP contribution in [0.25, 0.3) is 44.3 Å². The molecule has 0 atom stereocenters. The summed E-state index contributed by atoms with van der Waals surface area (Å²) in [6, 6.07) is 15.1. The molecular formula is C27H22N2O. The Labute approximate surface area is 175 Å². The highest BCUT2D eigenvalue weighted by Crippen LogP contribution is 2.52. The van der Waals surface area contributed by atoms with Gasteiger partial charge in [0, 0.05) is 45.9 Å². The molecule has 0 N–H and O–H groups in total. The average molecular weight is 390 g/mol. The summed E-state index contributed by atoms with van der Waals surface area (Å²) in [5, 5.41) is 2.29. The van der Waals surface area contributed by atoms with Crippen LogP contribution < -0.4 is 0 Å². The maximum absolute atomic E-state index is 6.68. The van der Waals surface area contributed by atoms with E-state index >= 15 is 0 Å². The van der Waals surface area contributed by atoms with Crippen LogP contribution in [-0.2, 0) is 5.41 Å². The van der Waals surface area contributed by atoms with Crippen LogP contribution in [0, 0.1) is 13.8 Å². The lowest BCUT2D eigenvalue weighted by Gasteiger charge is -2.20. The third-order valence-electron chi connectivity index (χ3n) is 6.62. The molecule has 0 saturated carbocycles. The summed E-state index contributed by atoms with van der Waals surface area (Å²) in [7, 11) is 0. The van der Waals surface area contributed by atoms with Crippen molar-refractivity contribution < 1.29 is 4.42 Å². The van der Waals surface area contributed by atoms with Gasteiger partial charge in [-0.25, -0.2) is 0 Å². The molecule has 146 valence electrons. The van der Waals surface area contributed by atoms with Crippen molar-refractivity contribution in [1.29, 1.82) is 0 Å². The highest BCUT2D eigenvalue weighted by molar-refractivity contribution is 6.14. The molecule has 6 rings (SSSR count). The zero-order valence-corrected chi connectivity index (χ0v) is 17.6. The van der Waals surface area contributed by atoms with Gasteiger partial charge in [-0.15, -0.1) is 0 Å². The summed E-state index contributed by atoms with van der Waals surface area (Å²) < 4.78 is 6.68. The predicted molar refractivity (Wildman–Crippen MR) is 122 cm³/mol. The third-order valence-corrected chi connectivity index (χ3v) is 6.62. The van der Waals surface area contributed by atoms with Gasteiger partial charge in [-0.2, -0.15) is 0 Å². The molecule has 3 heterocycles. The molecule has 0 bridgehead atoms. The summed E-state index contributed by atoms with van der Waals surface area (Å²) in [5.74, 6) is 0. The first-order valence-corrected chi connectivity index (χ1v) is 10.3. The van der Waals surface area contributed by atoms with Crippen molar-refractivity contribution in [2.75, 3.05) is 0 Å². The van der Waals surface area contributed by atoms with E-state index in [0.29, 0.717) is 0 Å². The number of fused-ring (bicyclic) bond motifs is 7. The van der Waals surface area contributed by atoms with E-state index in [2.05, 4.69) is 75.1 Å². The summed E-state index contributed by atoms with van der Waals surface area (Å²) >= 11 is 0.